The number of rotatable bonds is 3. The van der Waals surface area contributed by atoms with E-state index in [4.69, 9.17) is 23.2 Å². The zero-order valence-electron chi connectivity index (χ0n) is 11.2. The van der Waals surface area contributed by atoms with Crippen molar-refractivity contribution in [1.29, 1.82) is 0 Å². The van der Waals surface area contributed by atoms with Gasteiger partial charge in [-0.3, -0.25) is 5.43 Å². The zero-order chi connectivity index (χ0) is 17.2. The Morgan fingerprint density at radius 1 is 1.04 bits per heavy atom. The van der Waals surface area contributed by atoms with Gasteiger partial charge in [-0.05, 0) is 30.3 Å². The van der Waals surface area contributed by atoms with E-state index in [-0.39, 0.29) is 15.6 Å². The Morgan fingerprint density at radius 2 is 1.65 bits per heavy atom. The third-order valence-electron chi connectivity index (χ3n) is 2.81. The number of hydrogen-bond acceptors (Lipinski definition) is 4. The van der Waals surface area contributed by atoms with Crippen LogP contribution in [-0.2, 0) is 6.18 Å². The molecule has 122 valence electrons. The number of hydrazone groups is 1. The van der Waals surface area contributed by atoms with Gasteiger partial charge in [0, 0.05) is 5.56 Å². The fourth-order valence-corrected chi connectivity index (χ4v) is 2.10. The van der Waals surface area contributed by atoms with E-state index in [1.54, 1.807) is 0 Å². The first-order valence-corrected chi connectivity index (χ1v) is 6.82. The molecule has 0 unspecified atom stereocenters. The molecule has 0 atom stereocenters. The first-order chi connectivity index (χ1) is 10.7. The molecular formula is C14H9Cl2F3N2O2. The molecule has 2 aromatic carbocycles. The molecule has 0 heterocycles. The summed E-state index contributed by atoms with van der Waals surface area (Å²) in [5, 5.41) is 22.5. The maximum atomic E-state index is 12.4. The van der Waals surface area contributed by atoms with Gasteiger partial charge >= 0.3 is 6.18 Å². The van der Waals surface area contributed by atoms with Crippen molar-refractivity contribution in [1.82, 2.24) is 0 Å². The number of phenols is 2. The molecule has 3 N–H and O–H groups in total. The topological polar surface area (TPSA) is 64.9 Å². The van der Waals surface area contributed by atoms with Crippen LogP contribution in [0.2, 0.25) is 10.0 Å². The molecule has 0 aliphatic rings. The Balaban J connectivity index is 2.14. The smallest absolute Gasteiger partial charge is 0.416 e. The number of hydrogen-bond donors (Lipinski definition) is 3. The third kappa shape index (κ3) is 4.00. The molecule has 0 saturated heterocycles. The Bertz CT molecular complexity index is 747. The lowest BCUT2D eigenvalue weighted by Gasteiger charge is -2.07. The van der Waals surface area contributed by atoms with Crippen molar-refractivity contribution in [2.24, 2.45) is 5.10 Å². The highest BCUT2D eigenvalue weighted by atomic mass is 35.5. The van der Waals surface area contributed by atoms with Gasteiger partial charge < -0.3 is 10.2 Å². The van der Waals surface area contributed by atoms with Gasteiger partial charge in [0.2, 0.25) is 0 Å². The molecule has 0 bridgehead atoms. The minimum absolute atomic E-state index is 0.0798. The second-order valence-corrected chi connectivity index (χ2v) is 5.19. The highest BCUT2D eigenvalue weighted by molar-refractivity contribution is 6.38. The van der Waals surface area contributed by atoms with Crippen molar-refractivity contribution in [2.75, 3.05) is 5.43 Å². The molecular weight excluding hydrogens is 356 g/mol. The fraction of sp³-hybridized carbons (Fsp3) is 0.0714. The van der Waals surface area contributed by atoms with E-state index < -0.39 is 23.2 Å². The molecule has 0 aromatic heterocycles. The summed E-state index contributed by atoms with van der Waals surface area (Å²) in [6.07, 6.45) is -3.25. The van der Waals surface area contributed by atoms with Gasteiger partial charge in [0.05, 0.1) is 22.5 Å². The molecule has 0 aliphatic heterocycles. The van der Waals surface area contributed by atoms with Crippen LogP contribution >= 0.6 is 23.2 Å². The second kappa shape index (κ2) is 6.55. The van der Waals surface area contributed by atoms with Gasteiger partial charge in [-0.15, -0.1) is 0 Å². The first-order valence-electron chi connectivity index (χ1n) is 6.06. The Kier molecular flexibility index (Phi) is 4.91. The molecule has 0 fully saturated rings. The van der Waals surface area contributed by atoms with E-state index in [1.165, 1.54) is 18.2 Å². The van der Waals surface area contributed by atoms with Crippen LogP contribution < -0.4 is 5.43 Å². The minimum atomic E-state index is -4.41. The quantitative estimate of drug-likeness (QED) is 0.537. The second-order valence-electron chi connectivity index (χ2n) is 4.40. The van der Waals surface area contributed by atoms with Crippen LogP contribution in [0.3, 0.4) is 0 Å². The van der Waals surface area contributed by atoms with Gasteiger partial charge in [0.1, 0.15) is 10.8 Å². The van der Waals surface area contributed by atoms with Crippen LogP contribution in [0.4, 0.5) is 18.9 Å². The van der Waals surface area contributed by atoms with E-state index in [0.29, 0.717) is 5.69 Å². The number of nitrogens with zero attached hydrogens (tertiary/aromatic N) is 1. The number of phenolic OH excluding ortho intramolecular Hbond substituents is 2. The van der Waals surface area contributed by atoms with Gasteiger partial charge in [-0.2, -0.15) is 18.3 Å². The number of aromatic hydroxyl groups is 2. The molecule has 23 heavy (non-hydrogen) atoms. The molecule has 2 rings (SSSR count). The Morgan fingerprint density at radius 3 is 2.22 bits per heavy atom. The summed E-state index contributed by atoms with van der Waals surface area (Å²) in [5.41, 5.74) is 2.15. The Hall–Kier alpha value is -2.12. The monoisotopic (exact) mass is 364 g/mol. The lowest BCUT2D eigenvalue weighted by atomic mass is 10.2. The molecule has 9 heteroatoms. The lowest BCUT2D eigenvalue weighted by Crippen LogP contribution is -2.04. The van der Waals surface area contributed by atoms with Crippen LogP contribution in [0.5, 0.6) is 11.5 Å². The molecule has 0 spiro atoms. The van der Waals surface area contributed by atoms with Crippen molar-refractivity contribution in [3.8, 4) is 11.5 Å². The molecule has 0 saturated carbocycles. The molecule has 4 nitrogen and oxygen atoms in total. The van der Waals surface area contributed by atoms with Gasteiger partial charge in [-0.25, -0.2) is 0 Å². The number of anilines is 1. The molecule has 2 aromatic rings. The standard InChI is InChI=1S/C14H9Cl2F3N2O2/c15-10-5-7(12(22)11(16)13(10)23)6-20-21-9-3-1-8(2-4-9)14(17,18)19/h1-6,21-23H. The summed E-state index contributed by atoms with van der Waals surface area (Å²) in [5.74, 6) is -0.884. The van der Waals surface area contributed by atoms with Crippen molar-refractivity contribution in [3.63, 3.8) is 0 Å². The van der Waals surface area contributed by atoms with Crippen molar-refractivity contribution in [2.45, 2.75) is 6.18 Å². The predicted molar refractivity (Wildman–Crippen MR) is 82.5 cm³/mol. The highest BCUT2D eigenvalue weighted by Crippen LogP contribution is 2.40. The van der Waals surface area contributed by atoms with Gasteiger partial charge in [-0.1, -0.05) is 23.2 Å². The van der Waals surface area contributed by atoms with Crippen LogP contribution in [0.1, 0.15) is 11.1 Å². The summed E-state index contributed by atoms with van der Waals surface area (Å²) >= 11 is 11.4. The van der Waals surface area contributed by atoms with Crippen LogP contribution in [0.15, 0.2) is 35.4 Å². The first kappa shape index (κ1) is 17.2. The third-order valence-corrected chi connectivity index (χ3v) is 3.45. The van der Waals surface area contributed by atoms with Crippen LogP contribution in [0.25, 0.3) is 0 Å². The predicted octanol–water partition coefficient (Wildman–Crippen LogP) is 4.87. The largest absolute Gasteiger partial charge is 0.506 e. The van der Waals surface area contributed by atoms with Crippen LogP contribution in [-0.4, -0.2) is 16.4 Å². The van der Waals surface area contributed by atoms with Crippen LogP contribution in [0, 0.1) is 0 Å². The Labute approximate surface area is 138 Å². The maximum Gasteiger partial charge on any atom is 0.416 e. The van der Waals surface area contributed by atoms with E-state index in [9.17, 15) is 23.4 Å². The number of halogens is 5. The lowest BCUT2D eigenvalue weighted by molar-refractivity contribution is -0.137. The summed E-state index contributed by atoms with van der Waals surface area (Å²) < 4.78 is 37.3. The van der Waals surface area contributed by atoms with Gasteiger partial charge in [0.25, 0.3) is 0 Å². The number of alkyl halides is 3. The normalized spacial score (nSPS) is 11.9. The summed E-state index contributed by atoms with van der Waals surface area (Å²) in [6, 6.07) is 5.46. The summed E-state index contributed by atoms with van der Waals surface area (Å²) in [4.78, 5) is 0. The van der Waals surface area contributed by atoms with Gasteiger partial charge in [0.15, 0.2) is 5.75 Å². The van der Waals surface area contributed by atoms with Crippen molar-refractivity contribution >= 4 is 35.1 Å². The highest BCUT2D eigenvalue weighted by Gasteiger charge is 2.29. The summed E-state index contributed by atoms with van der Waals surface area (Å²) in [7, 11) is 0. The van der Waals surface area contributed by atoms with Crippen molar-refractivity contribution < 1.29 is 23.4 Å². The maximum absolute atomic E-state index is 12.4. The fourth-order valence-electron chi connectivity index (χ4n) is 1.63. The average molecular weight is 365 g/mol. The molecule has 0 aliphatic carbocycles. The zero-order valence-corrected chi connectivity index (χ0v) is 12.7. The average Bonchev–Trinajstić information content (AvgIpc) is 2.50. The molecule has 0 amide bonds. The van der Waals surface area contributed by atoms with E-state index >= 15 is 0 Å². The summed E-state index contributed by atoms with van der Waals surface area (Å²) in [6.45, 7) is 0. The van der Waals surface area contributed by atoms with E-state index in [1.807, 2.05) is 0 Å². The van der Waals surface area contributed by atoms with E-state index in [2.05, 4.69) is 10.5 Å². The number of benzene rings is 2. The SMILES string of the molecule is Oc1c(Cl)cc(C=NNc2ccc(C(F)(F)F)cc2)c(O)c1Cl. The van der Waals surface area contributed by atoms with E-state index in [0.717, 1.165) is 18.3 Å². The molecule has 0 radical (unpaired) electrons. The van der Waals surface area contributed by atoms with Crippen molar-refractivity contribution in [3.05, 3.63) is 51.5 Å². The minimum Gasteiger partial charge on any atom is -0.506 e. The number of nitrogens with one attached hydrogen (secondary N) is 1.